The molecule has 0 heterocycles. The standard InChI is InChI=1S/C14H21N3O4/c1-9(16-14(15)19)7-13(18)17(2)11-6-5-10(20-3)8-12(11)21-4/h5-6,8-9H,7H2,1-4H3,(H3,15,16,19). The Morgan fingerprint density at radius 1 is 1.33 bits per heavy atom. The largest absolute Gasteiger partial charge is 0.497 e. The van der Waals surface area contributed by atoms with Crippen molar-refractivity contribution in [2.24, 2.45) is 5.73 Å². The second kappa shape index (κ2) is 7.37. The number of carbonyl (C=O) groups excluding carboxylic acids is 2. The van der Waals surface area contributed by atoms with Crippen molar-refractivity contribution in [3.8, 4) is 11.5 Å². The molecule has 1 aromatic carbocycles. The minimum Gasteiger partial charge on any atom is -0.497 e. The summed E-state index contributed by atoms with van der Waals surface area (Å²) in [6.07, 6.45) is 0.134. The smallest absolute Gasteiger partial charge is 0.312 e. The van der Waals surface area contributed by atoms with Crippen LogP contribution in [0.4, 0.5) is 10.5 Å². The van der Waals surface area contributed by atoms with E-state index in [0.29, 0.717) is 17.2 Å². The highest BCUT2D eigenvalue weighted by atomic mass is 16.5. The average molecular weight is 295 g/mol. The summed E-state index contributed by atoms with van der Waals surface area (Å²) >= 11 is 0. The van der Waals surface area contributed by atoms with Crippen molar-refractivity contribution in [2.45, 2.75) is 19.4 Å². The van der Waals surface area contributed by atoms with E-state index in [9.17, 15) is 9.59 Å². The number of carbonyl (C=O) groups is 2. The van der Waals surface area contributed by atoms with E-state index >= 15 is 0 Å². The quantitative estimate of drug-likeness (QED) is 0.822. The van der Waals surface area contributed by atoms with Crippen molar-refractivity contribution in [3.63, 3.8) is 0 Å². The second-order valence-corrected chi connectivity index (χ2v) is 4.60. The number of amides is 3. The maximum atomic E-state index is 12.2. The Balaban J connectivity index is 2.84. The van der Waals surface area contributed by atoms with E-state index in [1.165, 1.54) is 12.0 Å². The minimum absolute atomic E-state index is 0.134. The van der Waals surface area contributed by atoms with Crippen LogP contribution in [0.2, 0.25) is 0 Å². The van der Waals surface area contributed by atoms with E-state index < -0.39 is 6.03 Å². The summed E-state index contributed by atoms with van der Waals surface area (Å²) in [5, 5.41) is 2.47. The summed E-state index contributed by atoms with van der Waals surface area (Å²) in [5.41, 5.74) is 5.65. The van der Waals surface area contributed by atoms with E-state index in [2.05, 4.69) is 5.32 Å². The zero-order valence-corrected chi connectivity index (χ0v) is 12.7. The molecule has 1 rings (SSSR count). The number of ether oxygens (including phenoxy) is 2. The van der Waals surface area contributed by atoms with Gasteiger partial charge < -0.3 is 25.4 Å². The molecule has 0 saturated carbocycles. The molecule has 7 nitrogen and oxygen atoms in total. The highest BCUT2D eigenvalue weighted by Gasteiger charge is 2.18. The third-order valence-electron chi connectivity index (χ3n) is 2.99. The van der Waals surface area contributed by atoms with Crippen LogP contribution in [0, 0.1) is 0 Å². The number of methoxy groups -OCH3 is 2. The third-order valence-corrected chi connectivity index (χ3v) is 2.99. The maximum absolute atomic E-state index is 12.2. The number of primary amides is 1. The molecule has 1 aromatic rings. The first-order valence-electron chi connectivity index (χ1n) is 6.43. The fraction of sp³-hybridized carbons (Fsp3) is 0.429. The molecule has 3 amide bonds. The van der Waals surface area contributed by atoms with E-state index in [4.69, 9.17) is 15.2 Å². The van der Waals surface area contributed by atoms with Crippen LogP contribution >= 0.6 is 0 Å². The number of rotatable bonds is 6. The van der Waals surface area contributed by atoms with Crippen LogP contribution in [-0.4, -0.2) is 39.2 Å². The highest BCUT2D eigenvalue weighted by molar-refractivity contribution is 5.95. The van der Waals surface area contributed by atoms with Crippen molar-refractivity contribution in [3.05, 3.63) is 18.2 Å². The number of benzene rings is 1. The van der Waals surface area contributed by atoms with Gasteiger partial charge in [-0.1, -0.05) is 0 Å². The highest BCUT2D eigenvalue weighted by Crippen LogP contribution is 2.31. The summed E-state index contributed by atoms with van der Waals surface area (Å²) in [5.74, 6) is 1.00. The third kappa shape index (κ3) is 4.55. The molecule has 0 bridgehead atoms. The van der Waals surface area contributed by atoms with Crippen molar-refractivity contribution in [1.82, 2.24) is 5.32 Å². The average Bonchev–Trinajstić information content (AvgIpc) is 2.44. The number of anilines is 1. The zero-order valence-electron chi connectivity index (χ0n) is 12.7. The van der Waals surface area contributed by atoms with Crippen LogP contribution < -0.4 is 25.4 Å². The number of hydrogen-bond acceptors (Lipinski definition) is 4. The summed E-state index contributed by atoms with van der Waals surface area (Å²) in [4.78, 5) is 24.4. The predicted octanol–water partition coefficient (Wildman–Crippen LogP) is 1.11. The fourth-order valence-electron chi connectivity index (χ4n) is 1.89. The SMILES string of the molecule is COc1ccc(N(C)C(=O)CC(C)NC(N)=O)c(OC)c1. The fourth-order valence-corrected chi connectivity index (χ4v) is 1.89. The van der Waals surface area contributed by atoms with E-state index in [0.717, 1.165) is 0 Å². The Labute approximate surface area is 124 Å². The Bertz CT molecular complexity index is 519. The zero-order chi connectivity index (χ0) is 16.0. The maximum Gasteiger partial charge on any atom is 0.312 e. The molecular weight excluding hydrogens is 274 g/mol. The molecule has 0 aliphatic heterocycles. The van der Waals surface area contributed by atoms with Crippen molar-refractivity contribution in [1.29, 1.82) is 0 Å². The molecule has 21 heavy (non-hydrogen) atoms. The number of urea groups is 1. The van der Waals surface area contributed by atoms with Gasteiger partial charge in [-0.15, -0.1) is 0 Å². The van der Waals surface area contributed by atoms with E-state index in [1.807, 2.05) is 0 Å². The second-order valence-electron chi connectivity index (χ2n) is 4.60. The van der Waals surface area contributed by atoms with E-state index in [1.54, 1.807) is 39.3 Å². The van der Waals surface area contributed by atoms with Crippen LogP contribution in [0.3, 0.4) is 0 Å². The first kappa shape index (κ1) is 16.6. The summed E-state index contributed by atoms with van der Waals surface area (Å²) in [6.45, 7) is 1.71. The summed E-state index contributed by atoms with van der Waals surface area (Å²) < 4.78 is 10.4. The van der Waals surface area contributed by atoms with Gasteiger partial charge in [-0.25, -0.2) is 4.79 Å². The molecule has 3 N–H and O–H groups in total. The molecular formula is C14H21N3O4. The van der Waals surface area contributed by atoms with Crippen LogP contribution in [0.5, 0.6) is 11.5 Å². The van der Waals surface area contributed by atoms with Crippen LogP contribution in [-0.2, 0) is 4.79 Å². The van der Waals surface area contributed by atoms with Gasteiger partial charge >= 0.3 is 6.03 Å². The molecule has 1 unspecified atom stereocenters. The van der Waals surface area contributed by atoms with Crippen molar-refractivity contribution >= 4 is 17.6 Å². The Hall–Kier alpha value is -2.44. The lowest BCUT2D eigenvalue weighted by molar-refractivity contribution is -0.118. The lowest BCUT2D eigenvalue weighted by Gasteiger charge is -2.22. The predicted molar refractivity (Wildman–Crippen MR) is 79.8 cm³/mol. The van der Waals surface area contributed by atoms with Gasteiger partial charge in [0, 0.05) is 25.6 Å². The number of hydrogen-bond donors (Lipinski definition) is 2. The van der Waals surface area contributed by atoms with Gasteiger partial charge in [-0.05, 0) is 19.1 Å². The molecule has 116 valence electrons. The molecule has 7 heteroatoms. The Morgan fingerprint density at radius 2 is 2.00 bits per heavy atom. The van der Waals surface area contributed by atoms with Gasteiger partial charge in [0.2, 0.25) is 5.91 Å². The molecule has 0 fully saturated rings. The lowest BCUT2D eigenvalue weighted by Crippen LogP contribution is -2.40. The first-order valence-corrected chi connectivity index (χ1v) is 6.43. The Kier molecular flexibility index (Phi) is 5.83. The van der Waals surface area contributed by atoms with Crippen LogP contribution in [0.25, 0.3) is 0 Å². The summed E-state index contributed by atoms with van der Waals surface area (Å²) in [7, 11) is 4.72. The van der Waals surface area contributed by atoms with Gasteiger partial charge in [0.15, 0.2) is 0 Å². The van der Waals surface area contributed by atoms with Gasteiger partial charge in [-0.2, -0.15) is 0 Å². The summed E-state index contributed by atoms with van der Waals surface area (Å²) in [6, 6.07) is 4.18. The number of nitrogens with zero attached hydrogens (tertiary/aromatic N) is 1. The van der Waals surface area contributed by atoms with Gasteiger partial charge in [0.05, 0.1) is 19.9 Å². The van der Waals surface area contributed by atoms with Crippen LogP contribution in [0.15, 0.2) is 18.2 Å². The first-order chi connectivity index (χ1) is 9.88. The molecule has 0 aliphatic carbocycles. The monoisotopic (exact) mass is 295 g/mol. The van der Waals surface area contributed by atoms with Gasteiger partial charge in [0.25, 0.3) is 0 Å². The molecule has 0 radical (unpaired) electrons. The molecule has 1 atom stereocenters. The normalized spacial score (nSPS) is 11.4. The molecule has 0 aliphatic rings. The molecule has 0 spiro atoms. The van der Waals surface area contributed by atoms with Gasteiger partial charge in [-0.3, -0.25) is 4.79 Å². The van der Waals surface area contributed by atoms with Gasteiger partial charge in [0.1, 0.15) is 11.5 Å². The number of nitrogens with one attached hydrogen (secondary N) is 1. The molecule has 0 saturated heterocycles. The number of nitrogens with two attached hydrogens (primary N) is 1. The Morgan fingerprint density at radius 3 is 2.52 bits per heavy atom. The van der Waals surface area contributed by atoms with Crippen LogP contribution in [0.1, 0.15) is 13.3 Å². The van der Waals surface area contributed by atoms with E-state index in [-0.39, 0.29) is 18.4 Å². The van der Waals surface area contributed by atoms with Crippen molar-refractivity contribution in [2.75, 3.05) is 26.2 Å². The van der Waals surface area contributed by atoms with Crippen molar-refractivity contribution < 1.29 is 19.1 Å². The minimum atomic E-state index is -0.653. The molecule has 0 aromatic heterocycles. The topological polar surface area (TPSA) is 93.9 Å². The lowest BCUT2D eigenvalue weighted by atomic mass is 10.2.